The molecule has 15 heavy (non-hydrogen) atoms. The second-order valence-corrected chi connectivity index (χ2v) is 5.63. The van der Waals surface area contributed by atoms with Gasteiger partial charge >= 0.3 is 0 Å². The molecule has 0 amide bonds. The zero-order valence-electron chi connectivity index (χ0n) is 10.8. The quantitative estimate of drug-likeness (QED) is 0.779. The summed E-state index contributed by atoms with van der Waals surface area (Å²) in [5, 5.41) is 0. The molecule has 1 rings (SSSR count). The Hall–Kier alpha value is -0.0800. The summed E-state index contributed by atoms with van der Waals surface area (Å²) >= 11 is 0. The van der Waals surface area contributed by atoms with Gasteiger partial charge < -0.3 is 10.5 Å². The lowest BCUT2D eigenvalue weighted by Crippen LogP contribution is -2.46. The fourth-order valence-corrected chi connectivity index (χ4v) is 2.89. The Labute approximate surface area is 94.6 Å². The van der Waals surface area contributed by atoms with Crippen molar-refractivity contribution in [1.29, 1.82) is 0 Å². The van der Waals surface area contributed by atoms with Crippen molar-refractivity contribution < 1.29 is 4.74 Å². The SMILES string of the molecule is CC[C@@]1(C)C[C@](CCN)(C(C)C)CCO1. The van der Waals surface area contributed by atoms with Gasteiger partial charge in [0, 0.05) is 6.61 Å². The highest BCUT2D eigenvalue weighted by atomic mass is 16.5. The number of nitrogens with two attached hydrogens (primary N) is 1. The van der Waals surface area contributed by atoms with Crippen molar-refractivity contribution in [3.05, 3.63) is 0 Å². The van der Waals surface area contributed by atoms with Gasteiger partial charge in [0.1, 0.15) is 0 Å². The van der Waals surface area contributed by atoms with Gasteiger partial charge in [0.15, 0.2) is 0 Å². The van der Waals surface area contributed by atoms with Crippen molar-refractivity contribution in [3.63, 3.8) is 0 Å². The first-order chi connectivity index (χ1) is 6.98. The molecular weight excluding hydrogens is 186 g/mol. The van der Waals surface area contributed by atoms with Crippen molar-refractivity contribution in [2.24, 2.45) is 17.1 Å². The lowest BCUT2D eigenvalue weighted by Gasteiger charge is -2.48. The summed E-state index contributed by atoms with van der Waals surface area (Å²) in [7, 11) is 0. The molecule has 1 aliphatic rings. The van der Waals surface area contributed by atoms with Gasteiger partial charge in [-0.3, -0.25) is 0 Å². The Balaban J connectivity index is 2.80. The van der Waals surface area contributed by atoms with E-state index in [0.717, 1.165) is 26.0 Å². The molecule has 0 aromatic heterocycles. The fourth-order valence-electron chi connectivity index (χ4n) is 2.89. The minimum absolute atomic E-state index is 0.0810. The second-order valence-electron chi connectivity index (χ2n) is 5.63. The van der Waals surface area contributed by atoms with Gasteiger partial charge in [0.05, 0.1) is 5.60 Å². The van der Waals surface area contributed by atoms with E-state index >= 15 is 0 Å². The van der Waals surface area contributed by atoms with Crippen LogP contribution >= 0.6 is 0 Å². The molecular formula is C13H27NO. The van der Waals surface area contributed by atoms with Crippen LogP contribution < -0.4 is 5.73 Å². The Morgan fingerprint density at radius 2 is 2.07 bits per heavy atom. The molecule has 0 saturated carbocycles. The fraction of sp³-hybridized carbons (Fsp3) is 1.00. The summed E-state index contributed by atoms with van der Waals surface area (Å²) in [4.78, 5) is 0. The monoisotopic (exact) mass is 213 g/mol. The minimum atomic E-state index is 0.0810. The van der Waals surface area contributed by atoms with E-state index in [9.17, 15) is 0 Å². The van der Waals surface area contributed by atoms with Crippen LogP contribution in [0, 0.1) is 11.3 Å². The molecule has 2 atom stereocenters. The van der Waals surface area contributed by atoms with E-state index in [0.29, 0.717) is 11.3 Å². The molecule has 0 aromatic carbocycles. The minimum Gasteiger partial charge on any atom is -0.375 e. The van der Waals surface area contributed by atoms with Crippen molar-refractivity contribution in [2.75, 3.05) is 13.2 Å². The third-order valence-corrected chi connectivity index (χ3v) is 4.39. The van der Waals surface area contributed by atoms with E-state index in [2.05, 4.69) is 27.7 Å². The normalized spacial score (nSPS) is 37.2. The molecule has 1 heterocycles. The largest absolute Gasteiger partial charge is 0.375 e. The molecule has 0 unspecified atom stereocenters. The molecule has 1 saturated heterocycles. The van der Waals surface area contributed by atoms with Crippen LogP contribution in [0.15, 0.2) is 0 Å². The summed E-state index contributed by atoms with van der Waals surface area (Å²) in [5.74, 6) is 0.704. The first kappa shape index (κ1) is 13.0. The highest BCUT2D eigenvalue weighted by Gasteiger charge is 2.43. The lowest BCUT2D eigenvalue weighted by atomic mass is 9.64. The number of hydrogen-bond donors (Lipinski definition) is 1. The van der Waals surface area contributed by atoms with E-state index in [1.807, 2.05) is 0 Å². The summed E-state index contributed by atoms with van der Waals surface area (Å²) < 4.78 is 5.93. The Morgan fingerprint density at radius 3 is 2.53 bits per heavy atom. The molecule has 0 bridgehead atoms. The van der Waals surface area contributed by atoms with E-state index in [1.165, 1.54) is 12.8 Å². The van der Waals surface area contributed by atoms with Gasteiger partial charge in [-0.15, -0.1) is 0 Å². The van der Waals surface area contributed by atoms with E-state index in [4.69, 9.17) is 10.5 Å². The van der Waals surface area contributed by atoms with Gasteiger partial charge in [-0.25, -0.2) is 0 Å². The highest BCUT2D eigenvalue weighted by molar-refractivity contribution is 4.93. The predicted octanol–water partition coefficient (Wildman–Crippen LogP) is 2.96. The van der Waals surface area contributed by atoms with E-state index in [1.54, 1.807) is 0 Å². The first-order valence-electron chi connectivity index (χ1n) is 6.32. The summed E-state index contributed by atoms with van der Waals surface area (Å²) in [6, 6.07) is 0. The van der Waals surface area contributed by atoms with Crippen LogP contribution in [0.3, 0.4) is 0 Å². The average Bonchev–Trinajstić information content (AvgIpc) is 2.18. The number of hydrogen-bond acceptors (Lipinski definition) is 2. The van der Waals surface area contributed by atoms with E-state index < -0.39 is 0 Å². The Morgan fingerprint density at radius 1 is 1.40 bits per heavy atom. The number of ether oxygens (including phenoxy) is 1. The van der Waals surface area contributed by atoms with Crippen molar-refractivity contribution in [1.82, 2.24) is 0 Å². The smallest absolute Gasteiger partial charge is 0.0657 e. The predicted molar refractivity (Wildman–Crippen MR) is 64.8 cm³/mol. The van der Waals surface area contributed by atoms with Crippen LogP contribution in [-0.4, -0.2) is 18.8 Å². The Kier molecular flexibility index (Phi) is 4.19. The van der Waals surface area contributed by atoms with Crippen LogP contribution in [-0.2, 0) is 4.74 Å². The maximum atomic E-state index is 5.93. The lowest BCUT2D eigenvalue weighted by molar-refractivity contribution is -0.132. The molecule has 1 fully saturated rings. The topological polar surface area (TPSA) is 35.2 Å². The molecule has 2 N–H and O–H groups in total. The molecule has 0 radical (unpaired) electrons. The van der Waals surface area contributed by atoms with Crippen molar-refractivity contribution >= 4 is 0 Å². The van der Waals surface area contributed by atoms with Gasteiger partial charge in [-0.2, -0.15) is 0 Å². The third-order valence-electron chi connectivity index (χ3n) is 4.39. The van der Waals surface area contributed by atoms with Crippen molar-refractivity contribution in [2.45, 2.75) is 59.0 Å². The molecule has 1 aliphatic heterocycles. The maximum Gasteiger partial charge on any atom is 0.0657 e. The first-order valence-corrected chi connectivity index (χ1v) is 6.32. The van der Waals surface area contributed by atoms with Crippen LogP contribution in [0.1, 0.15) is 53.4 Å². The molecule has 0 aliphatic carbocycles. The number of rotatable bonds is 4. The van der Waals surface area contributed by atoms with Crippen LogP contribution in [0.5, 0.6) is 0 Å². The maximum absolute atomic E-state index is 5.93. The van der Waals surface area contributed by atoms with Gasteiger partial charge in [0.25, 0.3) is 0 Å². The zero-order chi connectivity index (χ0) is 11.5. The Bertz CT molecular complexity index is 201. The highest BCUT2D eigenvalue weighted by Crippen LogP contribution is 2.47. The summed E-state index contributed by atoms with van der Waals surface area (Å²) in [5.41, 5.74) is 6.27. The summed E-state index contributed by atoms with van der Waals surface area (Å²) in [6.45, 7) is 10.8. The molecule has 0 spiro atoms. The summed E-state index contributed by atoms with van der Waals surface area (Å²) in [6.07, 6.45) is 4.60. The molecule has 0 aromatic rings. The molecule has 90 valence electrons. The van der Waals surface area contributed by atoms with Gasteiger partial charge in [-0.05, 0) is 50.5 Å². The average molecular weight is 213 g/mol. The van der Waals surface area contributed by atoms with Crippen LogP contribution in [0.25, 0.3) is 0 Å². The second kappa shape index (κ2) is 4.84. The van der Waals surface area contributed by atoms with Crippen molar-refractivity contribution in [3.8, 4) is 0 Å². The standard InChI is InChI=1S/C13H27NO/c1-5-12(4)10-13(6-8-14,11(2)3)7-9-15-12/h11H,5-10,14H2,1-4H3/t12-,13+/m0/s1. The van der Waals surface area contributed by atoms with Gasteiger partial charge in [-0.1, -0.05) is 20.8 Å². The van der Waals surface area contributed by atoms with Crippen LogP contribution in [0.4, 0.5) is 0 Å². The zero-order valence-corrected chi connectivity index (χ0v) is 10.8. The third kappa shape index (κ3) is 2.73. The van der Waals surface area contributed by atoms with Crippen LogP contribution in [0.2, 0.25) is 0 Å². The molecule has 2 heteroatoms. The molecule has 2 nitrogen and oxygen atoms in total. The van der Waals surface area contributed by atoms with E-state index in [-0.39, 0.29) is 5.60 Å². The van der Waals surface area contributed by atoms with Gasteiger partial charge in [0.2, 0.25) is 0 Å².